The van der Waals surface area contributed by atoms with Gasteiger partial charge in [0.25, 0.3) is 0 Å². The van der Waals surface area contributed by atoms with Gasteiger partial charge in [0.15, 0.2) is 5.82 Å². The zero-order chi connectivity index (χ0) is 12.4. The summed E-state index contributed by atoms with van der Waals surface area (Å²) in [4.78, 5) is 0. The number of tetrazole rings is 1. The van der Waals surface area contributed by atoms with Gasteiger partial charge in [-0.25, -0.2) is 4.68 Å². The fourth-order valence-electron chi connectivity index (χ4n) is 1.65. The second-order valence-electron chi connectivity index (χ2n) is 3.83. The normalized spacial score (nSPS) is 14.6. The first kappa shape index (κ1) is 12.3. The lowest BCUT2D eigenvalue weighted by molar-refractivity contribution is 0.521. The molecule has 2 rings (SSSR count). The summed E-state index contributed by atoms with van der Waals surface area (Å²) in [6.45, 7) is 3.85. The molecule has 17 heavy (non-hydrogen) atoms. The summed E-state index contributed by atoms with van der Waals surface area (Å²) in [5.74, 6) is 0.652. The van der Waals surface area contributed by atoms with E-state index in [4.69, 9.17) is 23.2 Å². The second-order valence-corrected chi connectivity index (χ2v) is 4.92. The summed E-state index contributed by atoms with van der Waals surface area (Å²) in [6.07, 6.45) is 0. The molecule has 0 aliphatic carbocycles. The van der Waals surface area contributed by atoms with Gasteiger partial charge in [-0.15, -0.1) is 16.7 Å². The summed E-state index contributed by atoms with van der Waals surface area (Å²) in [5, 5.41) is 12.0. The van der Waals surface area contributed by atoms with Crippen LogP contribution in [0.15, 0.2) is 24.3 Å². The molecule has 0 radical (unpaired) electrons. The highest BCUT2D eigenvalue weighted by Crippen LogP contribution is 2.24. The maximum Gasteiger partial charge on any atom is 0.169 e. The average molecular weight is 271 g/mol. The largest absolute Gasteiger partial charge is 0.221 e. The minimum Gasteiger partial charge on any atom is -0.221 e. The zero-order valence-electron chi connectivity index (χ0n) is 9.51. The fourth-order valence-corrected chi connectivity index (χ4v) is 1.99. The fraction of sp³-hybridized carbons (Fsp3) is 0.364. The van der Waals surface area contributed by atoms with E-state index in [2.05, 4.69) is 15.5 Å². The van der Waals surface area contributed by atoms with Crippen LogP contribution >= 0.6 is 23.2 Å². The van der Waals surface area contributed by atoms with Gasteiger partial charge >= 0.3 is 0 Å². The lowest BCUT2D eigenvalue weighted by Crippen LogP contribution is -2.13. The third-order valence-electron chi connectivity index (χ3n) is 2.57. The van der Waals surface area contributed by atoms with Crippen molar-refractivity contribution >= 4 is 23.2 Å². The van der Waals surface area contributed by atoms with Crippen LogP contribution in [-0.2, 0) is 0 Å². The molecule has 2 aromatic rings. The molecule has 0 fully saturated rings. The van der Waals surface area contributed by atoms with Gasteiger partial charge in [-0.05, 0) is 42.0 Å². The van der Waals surface area contributed by atoms with Crippen molar-refractivity contribution in [3.05, 3.63) is 40.7 Å². The Morgan fingerprint density at radius 1 is 1.29 bits per heavy atom. The van der Waals surface area contributed by atoms with Crippen LogP contribution in [0.3, 0.4) is 0 Å². The lowest BCUT2D eigenvalue weighted by Gasteiger charge is -2.14. The molecule has 90 valence electrons. The first-order valence-electron chi connectivity index (χ1n) is 5.27. The number of hydrogen-bond donors (Lipinski definition) is 0. The third-order valence-corrected chi connectivity index (χ3v) is 3.00. The van der Waals surface area contributed by atoms with Gasteiger partial charge in [0, 0.05) is 5.02 Å². The molecule has 6 heteroatoms. The van der Waals surface area contributed by atoms with E-state index in [1.165, 1.54) is 0 Å². The standard InChI is InChI=1S/C11H12Cl2N4/c1-7(12)11-14-15-16-17(11)8(2)9-4-3-5-10(13)6-9/h3-8H,1-2H3. The molecule has 4 nitrogen and oxygen atoms in total. The monoisotopic (exact) mass is 270 g/mol. The number of benzene rings is 1. The van der Waals surface area contributed by atoms with Crippen molar-refractivity contribution < 1.29 is 0 Å². The number of alkyl halides is 1. The molecule has 1 aromatic heterocycles. The summed E-state index contributed by atoms with van der Waals surface area (Å²) >= 11 is 12.0. The third kappa shape index (κ3) is 2.58. The highest BCUT2D eigenvalue weighted by Gasteiger charge is 2.18. The van der Waals surface area contributed by atoms with Gasteiger partial charge in [-0.1, -0.05) is 23.7 Å². The smallest absolute Gasteiger partial charge is 0.169 e. The minimum atomic E-state index is -0.230. The van der Waals surface area contributed by atoms with Crippen LogP contribution in [0, 0.1) is 0 Å². The van der Waals surface area contributed by atoms with Gasteiger partial charge in [-0.2, -0.15) is 0 Å². The summed E-state index contributed by atoms with van der Waals surface area (Å²) in [7, 11) is 0. The quantitative estimate of drug-likeness (QED) is 0.805. The molecule has 0 saturated heterocycles. The Kier molecular flexibility index (Phi) is 3.64. The molecule has 0 bridgehead atoms. The van der Waals surface area contributed by atoms with Crippen molar-refractivity contribution in [2.45, 2.75) is 25.3 Å². The molecule has 0 amide bonds. The van der Waals surface area contributed by atoms with Gasteiger partial charge in [-0.3, -0.25) is 0 Å². The SMILES string of the molecule is CC(Cl)c1nnnn1C(C)c1cccc(Cl)c1. The van der Waals surface area contributed by atoms with Crippen LogP contribution in [0.2, 0.25) is 5.02 Å². The van der Waals surface area contributed by atoms with Crippen LogP contribution in [0.25, 0.3) is 0 Å². The maximum atomic E-state index is 6.02. The van der Waals surface area contributed by atoms with Crippen molar-refractivity contribution in [2.24, 2.45) is 0 Å². The minimum absolute atomic E-state index is 0.0000926. The van der Waals surface area contributed by atoms with Gasteiger partial charge in [0.2, 0.25) is 0 Å². The van der Waals surface area contributed by atoms with Crippen molar-refractivity contribution in [2.75, 3.05) is 0 Å². The van der Waals surface area contributed by atoms with E-state index in [0.29, 0.717) is 10.8 Å². The average Bonchev–Trinajstić information content (AvgIpc) is 2.77. The molecule has 0 saturated carbocycles. The number of hydrogen-bond acceptors (Lipinski definition) is 3. The molecule has 0 aliphatic rings. The van der Waals surface area contributed by atoms with E-state index >= 15 is 0 Å². The molecule has 1 aromatic carbocycles. The predicted octanol–water partition coefficient (Wildman–Crippen LogP) is 3.24. The van der Waals surface area contributed by atoms with Crippen molar-refractivity contribution in [1.29, 1.82) is 0 Å². The van der Waals surface area contributed by atoms with Crippen LogP contribution < -0.4 is 0 Å². The summed E-state index contributed by atoms with van der Waals surface area (Å²) in [5.41, 5.74) is 1.04. The van der Waals surface area contributed by atoms with E-state index in [9.17, 15) is 0 Å². The topological polar surface area (TPSA) is 43.6 Å². The molecule has 0 aliphatic heterocycles. The van der Waals surface area contributed by atoms with Gasteiger partial charge in [0.1, 0.15) is 0 Å². The van der Waals surface area contributed by atoms with Crippen LogP contribution in [-0.4, -0.2) is 20.2 Å². The Bertz CT molecular complexity index is 510. The van der Waals surface area contributed by atoms with Crippen LogP contribution in [0.5, 0.6) is 0 Å². The molecule has 2 atom stereocenters. The Labute approximate surface area is 110 Å². The molecule has 0 spiro atoms. The highest BCUT2D eigenvalue weighted by atomic mass is 35.5. The lowest BCUT2D eigenvalue weighted by atomic mass is 10.1. The van der Waals surface area contributed by atoms with Crippen LogP contribution in [0.4, 0.5) is 0 Å². The molecular formula is C11H12Cl2N4. The highest BCUT2D eigenvalue weighted by molar-refractivity contribution is 6.30. The Morgan fingerprint density at radius 2 is 2.06 bits per heavy atom. The van der Waals surface area contributed by atoms with Gasteiger partial charge in [0.05, 0.1) is 11.4 Å². The van der Waals surface area contributed by atoms with E-state index in [1.807, 2.05) is 38.1 Å². The zero-order valence-corrected chi connectivity index (χ0v) is 11.0. The first-order valence-corrected chi connectivity index (χ1v) is 6.08. The number of halogens is 2. The Morgan fingerprint density at radius 3 is 2.71 bits per heavy atom. The predicted molar refractivity (Wildman–Crippen MR) is 67.4 cm³/mol. The maximum absolute atomic E-state index is 6.02. The van der Waals surface area contributed by atoms with Crippen molar-refractivity contribution in [1.82, 2.24) is 20.2 Å². The van der Waals surface area contributed by atoms with Gasteiger partial charge < -0.3 is 0 Å². The molecule has 1 heterocycles. The molecule has 2 unspecified atom stereocenters. The van der Waals surface area contributed by atoms with E-state index in [0.717, 1.165) is 5.56 Å². The van der Waals surface area contributed by atoms with E-state index in [1.54, 1.807) is 4.68 Å². The van der Waals surface area contributed by atoms with Crippen molar-refractivity contribution in [3.8, 4) is 0 Å². The number of aromatic nitrogens is 4. The van der Waals surface area contributed by atoms with E-state index < -0.39 is 0 Å². The number of nitrogens with zero attached hydrogens (tertiary/aromatic N) is 4. The molecular weight excluding hydrogens is 259 g/mol. The van der Waals surface area contributed by atoms with Crippen LogP contribution in [0.1, 0.15) is 36.7 Å². The number of rotatable bonds is 3. The Hall–Kier alpha value is -1.13. The van der Waals surface area contributed by atoms with E-state index in [-0.39, 0.29) is 11.4 Å². The Balaban J connectivity index is 2.37. The second kappa shape index (κ2) is 5.02. The first-order chi connectivity index (χ1) is 8.09. The summed E-state index contributed by atoms with van der Waals surface area (Å²) in [6, 6.07) is 7.63. The molecule has 0 N–H and O–H groups in total. The van der Waals surface area contributed by atoms with Crippen molar-refractivity contribution in [3.63, 3.8) is 0 Å². The summed E-state index contributed by atoms with van der Waals surface area (Å²) < 4.78 is 1.71.